The fraction of sp³-hybridized carbons (Fsp3) is 0.214. The first-order chi connectivity index (χ1) is 15.2. The van der Waals surface area contributed by atoms with Crippen molar-refractivity contribution in [3.63, 3.8) is 0 Å². The number of benzene rings is 3. The third-order valence-corrected chi connectivity index (χ3v) is 12.5. The van der Waals surface area contributed by atoms with E-state index in [4.69, 9.17) is 19.4 Å². The predicted octanol–water partition coefficient (Wildman–Crippen LogP) is 8.01. The van der Waals surface area contributed by atoms with E-state index in [-0.39, 0.29) is 5.41 Å². The molecule has 0 saturated carbocycles. The van der Waals surface area contributed by atoms with Crippen molar-refractivity contribution < 1.29 is 14.0 Å². The molecule has 0 bridgehead atoms. The fourth-order valence-electron chi connectivity index (χ4n) is 3.98. The Balaban J connectivity index is 0.000000195. The summed E-state index contributed by atoms with van der Waals surface area (Å²) in [5.41, 5.74) is 4.21. The Labute approximate surface area is 208 Å². The van der Waals surface area contributed by atoms with Gasteiger partial charge in [-0.15, -0.1) is 0 Å². The summed E-state index contributed by atoms with van der Waals surface area (Å²) < 4.78 is 1.30. The van der Waals surface area contributed by atoms with Gasteiger partial charge in [-0.25, -0.2) is 0 Å². The molecule has 0 fully saturated rings. The van der Waals surface area contributed by atoms with Gasteiger partial charge in [-0.05, 0) is 23.8 Å². The van der Waals surface area contributed by atoms with Gasteiger partial charge in [-0.3, -0.25) is 0 Å². The second-order valence-electron chi connectivity index (χ2n) is 8.33. The summed E-state index contributed by atoms with van der Waals surface area (Å²) in [6.45, 7) is 10.9. The third-order valence-electron chi connectivity index (χ3n) is 6.09. The standard InChI is InChI=1S/C18H15P.C10H15.2ClH.Ru/c1-4-10-16(11-5-1)19(17-12-6-2-7-13-17)18-14-8-3-9-15-18;1-7-6-10(4,5)9(3)8(7)2;;;/h1-15H;1-5H3;2*1H;/q;;;;+2/p-2. The molecule has 0 N–H and O–H groups in total. The minimum Gasteiger partial charge on any atom is -0.0622 e. The molecular weight excluding hydrogens is 539 g/mol. The number of allylic oxidation sites excluding steroid dienone is 4. The van der Waals surface area contributed by atoms with Crippen molar-refractivity contribution in [3.05, 3.63) is 112 Å². The second kappa shape index (κ2) is 11.3. The van der Waals surface area contributed by atoms with Gasteiger partial charge in [0.15, 0.2) is 0 Å². The van der Waals surface area contributed by atoms with Gasteiger partial charge < -0.3 is 0 Å². The summed E-state index contributed by atoms with van der Waals surface area (Å²) in [5.74, 6) is 0. The molecule has 0 aliphatic heterocycles. The molecular formula is C28H30Cl2PRu. The van der Waals surface area contributed by atoms with Gasteiger partial charge in [0, 0.05) is 0 Å². The first kappa shape index (κ1) is 25.4. The van der Waals surface area contributed by atoms with Crippen molar-refractivity contribution in [2.24, 2.45) is 5.41 Å². The van der Waals surface area contributed by atoms with E-state index in [1.54, 1.807) is 0 Å². The Morgan fingerprint density at radius 1 is 0.594 bits per heavy atom. The molecule has 0 atom stereocenters. The topological polar surface area (TPSA) is 0 Å². The van der Waals surface area contributed by atoms with E-state index < -0.39 is 21.9 Å². The Morgan fingerprint density at radius 3 is 1.16 bits per heavy atom. The zero-order valence-electron chi connectivity index (χ0n) is 19.2. The maximum absolute atomic E-state index is 6.12. The number of hydrogen-bond donors (Lipinski definition) is 0. The van der Waals surface area contributed by atoms with Crippen LogP contribution in [0.25, 0.3) is 0 Å². The molecule has 169 valence electrons. The van der Waals surface area contributed by atoms with Gasteiger partial charge in [-0.1, -0.05) is 91.0 Å². The monoisotopic (exact) mass is 569 g/mol. The second-order valence-corrected chi connectivity index (χ2v) is 16.3. The van der Waals surface area contributed by atoms with Crippen LogP contribution >= 0.6 is 27.3 Å². The van der Waals surface area contributed by atoms with Crippen LogP contribution in [0.1, 0.15) is 34.6 Å². The zero-order chi connectivity index (χ0) is 23.3. The van der Waals surface area contributed by atoms with Crippen LogP contribution in [-0.4, -0.2) is 0 Å². The molecule has 32 heavy (non-hydrogen) atoms. The van der Waals surface area contributed by atoms with Crippen LogP contribution in [0, 0.1) is 5.41 Å². The molecule has 4 heteroatoms. The predicted molar refractivity (Wildman–Crippen MR) is 142 cm³/mol. The van der Waals surface area contributed by atoms with Crippen molar-refractivity contribution in [2.45, 2.75) is 34.6 Å². The molecule has 3 aromatic carbocycles. The summed E-state index contributed by atoms with van der Waals surface area (Å²) >= 11 is -1.74. The fourth-order valence-corrected chi connectivity index (χ4v) is 11.4. The zero-order valence-corrected chi connectivity index (χ0v) is 23.4. The quantitative estimate of drug-likeness (QED) is 0.221. The molecule has 4 rings (SSSR count). The van der Waals surface area contributed by atoms with Crippen LogP contribution < -0.4 is 15.9 Å². The summed E-state index contributed by atoms with van der Waals surface area (Å²) in [5, 5.41) is 4.19. The largest absolute Gasteiger partial charge is 0.0622 e. The molecule has 0 unspecified atom stereocenters. The van der Waals surface area contributed by atoms with Crippen molar-refractivity contribution in [1.82, 2.24) is 0 Å². The first-order valence-electron chi connectivity index (χ1n) is 10.6. The van der Waals surface area contributed by atoms with E-state index in [2.05, 4.69) is 126 Å². The molecule has 0 amide bonds. The van der Waals surface area contributed by atoms with E-state index in [0.717, 1.165) is 0 Å². The van der Waals surface area contributed by atoms with Crippen molar-refractivity contribution in [2.75, 3.05) is 0 Å². The minimum absolute atomic E-state index is 0.0938. The van der Waals surface area contributed by atoms with E-state index >= 15 is 0 Å². The Bertz CT molecular complexity index is 994. The van der Waals surface area contributed by atoms with E-state index in [0.29, 0.717) is 0 Å². The van der Waals surface area contributed by atoms with E-state index in [9.17, 15) is 0 Å². The van der Waals surface area contributed by atoms with Crippen molar-refractivity contribution >= 4 is 43.2 Å². The van der Waals surface area contributed by atoms with Crippen LogP contribution in [0.5, 0.6) is 0 Å². The maximum atomic E-state index is 6.12. The Morgan fingerprint density at radius 2 is 0.938 bits per heavy atom. The van der Waals surface area contributed by atoms with E-state index in [1.807, 2.05) is 0 Å². The third kappa shape index (κ3) is 5.63. The van der Waals surface area contributed by atoms with Gasteiger partial charge in [-0.2, -0.15) is 0 Å². The van der Waals surface area contributed by atoms with Crippen molar-refractivity contribution in [3.8, 4) is 0 Å². The summed E-state index contributed by atoms with van der Waals surface area (Å²) in [6.07, 6.45) is 0. The van der Waals surface area contributed by atoms with Gasteiger partial charge in [0.1, 0.15) is 0 Å². The van der Waals surface area contributed by atoms with Crippen molar-refractivity contribution in [1.29, 1.82) is 0 Å². The molecule has 0 heterocycles. The first-order valence-corrected chi connectivity index (χ1v) is 17.3. The van der Waals surface area contributed by atoms with Crippen LogP contribution in [-0.2, 0) is 14.0 Å². The van der Waals surface area contributed by atoms with Crippen LogP contribution in [0.3, 0.4) is 0 Å². The molecule has 0 spiro atoms. The molecule has 1 aliphatic carbocycles. The number of halogens is 2. The summed E-state index contributed by atoms with van der Waals surface area (Å²) in [4.78, 5) is 0. The van der Waals surface area contributed by atoms with Gasteiger partial charge in [0.25, 0.3) is 0 Å². The molecule has 0 nitrogen and oxygen atoms in total. The van der Waals surface area contributed by atoms with E-state index in [1.165, 1.54) is 36.8 Å². The summed E-state index contributed by atoms with van der Waals surface area (Å²) in [7, 11) is 11.8. The Hall–Kier alpha value is -1.23. The summed E-state index contributed by atoms with van der Waals surface area (Å²) in [6, 6.07) is 32.3. The average molecular weight is 569 g/mol. The van der Waals surface area contributed by atoms with Crippen LogP contribution in [0.2, 0.25) is 0 Å². The number of hydrogen-bond acceptors (Lipinski definition) is 0. The maximum Gasteiger partial charge on any atom is -0.0134 e. The molecule has 0 saturated heterocycles. The molecule has 0 aromatic heterocycles. The Kier molecular flexibility index (Phi) is 8.94. The van der Waals surface area contributed by atoms with Crippen LogP contribution in [0.15, 0.2) is 112 Å². The molecule has 0 radical (unpaired) electrons. The molecule has 1 aliphatic rings. The SMILES string of the molecule is CC1=C(C)C(C)(C)[C]([Ru]([Cl])[Cl])=C1C.c1ccc(P(c2ccccc2)c2ccccc2)cc1. The molecule has 3 aromatic rings. The average Bonchev–Trinajstić information content (AvgIpc) is 2.95. The smallest absolute Gasteiger partial charge is 0.0134 e. The normalized spacial score (nSPS) is 15.6. The minimum atomic E-state index is -1.74. The van der Waals surface area contributed by atoms with Gasteiger partial charge in [0.05, 0.1) is 0 Å². The van der Waals surface area contributed by atoms with Gasteiger partial charge in [0.2, 0.25) is 0 Å². The van der Waals surface area contributed by atoms with Gasteiger partial charge >= 0.3 is 94.3 Å². The number of rotatable bonds is 4. The van der Waals surface area contributed by atoms with Crippen LogP contribution in [0.4, 0.5) is 0 Å².